The fourth-order valence-corrected chi connectivity index (χ4v) is 3.48. The van der Waals surface area contributed by atoms with E-state index in [1.54, 1.807) is 48.5 Å². The SMILES string of the molecule is COc1cccc(/C=N\NC(=O)/C(=C\c2ccc(N(C)C)cc2)NC(=O)c2ccccc2Cl)c1OC. The van der Waals surface area contributed by atoms with Gasteiger partial charge in [-0.2, -0.15) is 5.10 Å². The number of anilines is 1. The lowest BCUT2D eigenvalue weighted by Gasteiger charge is -2.13. The van der Waals surface area contributed by atoms with Crippen LogP contribution in [-0.4, -0.2) is 46.3 Å². The number of hydrogen-bond acceptors (Lipinski definition) is 6. The molecule has 0 atom stereocenters. The molecule has 0 fully saturated rings. The van der Waals surface area contributed by atoms with Crippen molar-refractivity contribution in [2.24, 2.45) is 5.10 Å². The minimum Gasteiger partial charge on any atom is -0.493 e. The van der Waals surface area contributed by atoms with Crippen molar-refractivity contribution in [3.05, 3.63) is 94.1 Å². The summed E-state index contributed by atoms with van der Waals surface area (Å²) in [5.74, 6) is -0.140. The summed E-state index contributed by atoms with van der Waals surface area (Å²) in [4.78, 5) is 27.9. The second-order valence-corrected chi connectivity index (χ2v) is 8.17. The van der Waals surface area contributed by atoms with E-state index in [1.165, 1.54) is 20.4 Å². The van der Waals surface area contributed by atoms with Gasteiger partial charge in [-0.1, -0.05) is 41.9 Å². The molecule has 3 aromatic carbocycles. The Balaban J connectivity index is 1.87. The zero-order valence-electron chi connectivity index (χ0n) is 20.4. The average Bonchev–Trinajstić information content (AvgIpc) is 2.88. The molecule has 0 heterocycles. The number of methoxy groups -OCH3 is 2. The first-order valence-electron chi connectivity index (χ1n) is 10.9. The topological polar surface area (TPSA) is 92.3 Å². The number of carbonyl (C=O) groups excluding carboxylic acids is 2. The van der Waals surface area contributed by atoms with Gasteiger partial charge in [0.05, 0.1) is 31.0 Å². The van der Waals surface area contributed by atoms with Gasteiger partial charge in [-0.15, -0.1) is 0 Å². The molecule has 0 saturated heterocycles. The normalized spacial score (nSPS) is 11.2. The highest BCUT2D eigenvalue weighted by atomic mass is 35.5. The van der Waals surface area contributed by atoms with Crippen molar-refractivity contribution < 1.29 is 19.1 Å². The molecule has 186 valence electrons. The van der Waals surface area contributed by atoms with Crippen molar-refractivity contribution in [1.82, 2.24) is 10.7 Å². The number of ether oxygens (including phenoxy) is 2. The van der Waals surface area contributed by atoms with E-state index in [0.717, 1.165) is 5.69 Å². The lowest BCUT2D eigenvalue weighted by atomic mass is 10.1. The zero-order valence-corrected chi connectivity index (χ0v) is 21.2. The summed E-state index contributed by atoms with van der Waals surface area (Å²) in [6, 6.07) is 19.4. The first-order valence-corrected chi connectivity index (χ1v) is 11.3. The Morgan fingerprint density at radius 1 is 0.944 bits per heavy atom. The molecular weight excluding hydrogens is 480 g/mol. The van der Waals surface area contributed by atoms with Crippen molar-refractivity contribution in [2.75, 3.05) is 33.2 Å². The quantitative estimate of drug-likeness (QED) is 0.256. The van der Waals surface area contributed by atoms with E-state index in [0.29, 0.717) is 22.6 Å². The van der Waals surface area contributed by atoms with Crippen molar-refractivity contribution >= 4 is 41.4 Å². The van der Waals surface area contributed by atoms with Gasteiger partial charge in [-0.05, 0) is 48.0 Å². The largest absolute Gasteiger partial charge is 0.493 e. The van der Waals surface area contributed by atoms with Crippen molar-refractivity contribution in [3.8, 4) is 11.5 Å². The Kier molecular flexibility index (Phi) is 9.07. The number of rotatable bonds is 9. The molecule has 2 N–H and O–H groups in total. The third-order valence-electron chi connectivity index (χ3n) is 5.13. The summed E-state index contributed by atoms with van der Waals surface area (Å²) in [7, 11) is 6.91. The fourth-order valence-electron chi connectivity index (χ4n) is 3.26. The highest BCUT2D eigenvalue weighted by Gasteiger charge is 2.16. The zero-order chi connectivity index (χ0) is 26.1. The van der Waals surface area contributed by atoms with Crippen LogP contribution in [0.15, 0.2) is 77.5 Å². The van der Waals surface area contributed by atoms with Gasteiger partial charge in [0.15, 0.2) is 11.5 Å². The molecule has 0 aliphatic heterocycles. The van der Waals surface area contributed by atoms with Crippen LogP contribution >= 0.6 is 11.6 Å². The number of nitrogens with zero attached hydrogens (tertiary/aromatic N) is 2. The molecule has 0 unspecified atom stereocenters. The van der Waals surface area contributed by atoms with Crippen molar-refractivity contribution in [2.45, 2.75) is 0 Å². The molecule has 9 heteroatoms. The maximum atomic E-state index is 13.0. The van der Waals surface area contributed by atoms with Crippen LogP contribution in [-0.2, 0) is 4.79 Å². The van der Waals surface area contributed by atoms with E-state index in [1.807, 2.05) is 43.3 Å². The van der Waals surface area contributed by atoms with E-state index in [4.69, 9.17) is 21.1 Å². The van der Waals surface area contributed by atoms with E-state index in [-0.39, 0.29) is 16.3 Å². The molecule has 36 heavy (non-hydrogen) atoms. The van der Waals surface area contributed by atoms with Crippen LogP contribution in [0.2, 0.25) is 5.02 Å². The summed E-state index contributed by atoms with van der Waals surface area (Å²) in [5, 5.41) is 6.96. The number of amides is 2. The second kappa shape index (κ2) is 12.4. The first-order chi connectivity index (χ1) is 17.3. The van der Waals surface area contributed by atoms with Gasteiger partial charge < -0.3 is 19.7 Å². The Labute approximate surface area is 215 Å². The van der Waals surface area contributed by atoms with Crippen LogP contribution in [0.4, 0.5) is 5.69 Å². The predicted molar refractivity (Wildman–Crippen MR) is 143 cm³/mol. The van der Waals surface area contributed by atoms with Gasteiger partial charge in [-0.3, -0.25) is 9.59 Å². The number of nitrogens with one attached hydrogen (secondary N) is 2. The van der Waals surface area contributed by atoms with Crippen molar-refractivity contribution in [3.63, 3.8) is 0 Å². The molecule has 0 aliphatic carbocycles. The van der Waals surface area contributed by atoms with E-state index < -0.39 is 11.8 Å². The van der Waals surface area contributed by atoms with Crippen molar-refractivity contribution in [1.29, 1.82) is 0 Å². The number of hydrazone groups is 1. The summed E-state index contributed by atoms with van der Waals surface area (Å²) in [6.45, 7) is 0. The van der Waals surface area contributed by atoms with Crippen LogP contribution < -0.4 is 25.1 Å². The summed E-state index contributed by atoms with van der Waals surface area (Å²) in [6.07, 6.45) is 2.99. The van der Waals surface area contributed by atoms with Gasteiger partial charge in [-0.25, -0.2) is 5.43 Å². The fraction of sp³-hybridized carbons (Fsp3) is 0.148. The maximum absolute atomic E-state index is 13.0. The lowest BCUT2D eigenvalue weighted by molar-refractivity contribution is -0.117. The number of halogens is 1. The average molecular weight is 507 g/mol. The number of para-hydroxylation sites is 1. The molecule has 3 aromatic rings. The highest BCUT2D eigenvalue weighted by Crippen LogP contribution is 2.29. The summed E-state index contributed by atoms with van der Waals surface area (Å²) < 4.78 is 10.7. The summed E-state index contributed by atoms with van der Waals surface area (Å²) in [5.41, 5.74) is 4.99. The second-order valence-electron chi connectivity index (χ2n) is 7.76. The molecular formula is C27H27ClN4O4. The van der Waals surface area contributed by atoms with Gasteiger partial charge >= 0.3 is 0 Å². The molecule has 0 saturated carbocycles. The van der Waals surface area contributed by atoms with Crippen LogP contribution in [0, 0.1) is 0 Å². The third-order valence-corrected chi connectivity index (χ3v) is 5.46. The van der Waals surface area contributed by atoms with Crippen LogP contribution in [0.25, 0.3) is 6.08 Å². The Morgan fingerprint density at radius 2 is 1.67 bits per heavy atom. The predicted octanol–water partition coefficient (Wildman–Crippen LogP) is 4.34. The van der Waals surface area contributed by atoms with E-state index in [2.05, 4.69) is 15.8 Å². The van der Waals surface area contributed by atoms with Gasteiger partial charge in [0.1, 0.15) is 5.70 Å². The van der Waals surface area contributed by atoms with Crippen LogP contribution in [0.5, 0.6) is 11.5 Å². The van der Waals surface area contributed by atoms with Gasteiger partial charge in [0, 0.05) is 25.3 Å². The monoisotopic (exact) mass is 506 g/mol. The van der Waals surface area contributed by atoms with Crippen LogP contribution in [0.3, 0.4) is 0 Å². The molecule has 0 aromatic heterocycles. The van der Waals surface area contributed by atoms with Gasteiger partial charge in [0.25, 0.3) is 11.8 Å². The van der Waals surface area contributed by atoms with Crippen LogP contribution in [0.1, 0.15) is 21.5 Å². The number of benzene rings is 3. The molecule has 0 bridgehead atoms. The van der Waals surface area contributed by atoms with Gasteiger partial charge in [0.2, 0.25) is 0 Å². The molecule has 8 nitrogen and oxygen atoms in total. The minimum absolute atomic E-state index is 0.00715. The first kappa shape index (κ1) is 26.3. The van der Waals surface area contributed by atoms with E-state index >= 15 is 0 Å². The lowest BCUT2D eigenvalue weighted by Crippen LogP contribution is -2.33. The smallest absolute Gasteiger partial charge is 0.287 e. The number of carbonyl (C=O) groups is 2. The molecule has 3 rings (SSSR count). The highest BCUT2D eigenvalue weighted by molar-refractivity contribution is 6.34. The minimum atomic E-state index is -0.620. The Bertz CT molecular complexity index is 1290. The molecule has 2 amide bonds. The molecule has 0 radical (unpaired) electrons. The molecule has 0 spiro atoms. The standard InChI is InChI=1S/C27H27ClN4O4/c1-32(2)20-14-12-18(13-15-20)16-23(30-26(33)21-9-5-6-10-22(21)28)27(34)31-29-17-19-8-7-11-24(35-3)25(19)36-4/h5-17H,1-4H3,(H,30,33)(H,31,34)/b23-16+,29-17-. The third kappa shape index (κ3) is 6.64. The Morgan fingerprint density at radius 3 is 2.31 bits per heavy atom. The Hall–Kier alpha value is -4.30. The summed E-state index contributed by atoms with van der Waals surface area (Å²) >= 11 is 6.16. The van der Waals surface area contributed by atoms with E-state index in [9.17, 15) is 9.59 Å². The maximum Gasteiger partial charge on any atom is 0.287 e. The number of hydrogen-bond donors (Lipinski definition) is 2. The molecule has 0 aliphatic rings.